The maximum atomic E-state index is 8.35. The van der Waals surface area contributed by atoms with Gasteiger partial charge in [0.05, 0.1) is 18.2 Å². The van der Waals surface area contributed by atoms with Crippen molar-refractivity contribution in [2.75, 3.05) is 0 Å². The van der Waals surface area contributed by atoms with Gasteiger partial charge in [-0.05, 0) is 12.8 Å². The summed E-state index contributed by atoms with van der Waals surface area (Å²) in [4.78, 5) is 0. The first-order valence-electron chi connectivity index (χ1n) is 3.72. The third-order valence-electron chi connectivity index (χ3n) is 1.82. The van der Waals surface area contributed by atoms with E-state index in [1.807, 2.05) is 12.1 Å². The van der Waals surface area contributed by atoms with Crippen LogP contribution in [0.4, 0.5) is 0 Å². The first-order valence-corrected chi connectivity index (χ1v) is 3.72. The van der Waals surface area contributed by atoms with Gasteiger partial charge in [-0.1, -0.05) is 5.16 Å². The van der Waals surface area contributed by atoms with Gasteiger partial charge >= 0.3 is 0 Å². The van der Waals surface area contributed by atoms with Crippen LogP contribution in [0.2, 0.25) is 0 Å². The fraction of sp³-hybridized carbons (Fsp3) is 0.500. The van der Waals surface area contributed by atoms with E-state index in [9.17, 15) is 0 Å². The summed E-state index contributed by atoms with van der Waals surface area (Å²) in [7, 11) is 0. The molecule has 0 N–H and O–H groups in total. The zero-order valence-electron chi connectivity index (χ0n) is 6.08. The fourth-order valence-corrected chi connectivity index (χ4v) is 1.05. The predicted octanol–water partition coefficient (Wildman–Crippen LogP) is 1.62. The molecule has 56 valence electrons. The third-order valence-corrected chi connectivity index (χ3v) is 1.82. The Kier molecular flexibility index (Phi) is 1.39. The van der Waals surface area contributed by atoms with Crippen molar-refractivity contribution < 1.29 is 4.52 Å². The van der Waals surface area contributed by atoms with Gasteiger partial charge in [-0.2, -0.15) is 5.26 Å². The van der Waals surface area contributed by atoms with Crippen molar-refractivity contribution in [3.63, 3.8) is 0 Å². The summed E-state index contributed by atoms with van der Waals surface area (Å²) >= 11 is 0. The van der Waals surface area contributed by atoms with Crippen LogP contribution >= 0.6 is 0 Å². The van der Waals surface area contributed by atoms with Crippen LogP contribution in [0.25, 0.3) is 0 Å². The van der Waals surface area contributed by atoms with Gasteiger partial charge in [0.2, 0.25) is 0 Å². The van der Waals surface area contributed by atoms with Crippen LogP contribution in [0.1, 0.15) is 30.2 Å². The molecule has 0 spiro atoms. The monoisotopic (exact) mass is 148 g/mol. The standard InChI is InChI=1S/C8H8N2O/c9-4-3-7-5-8(11-10-7)6-1-2-6/h5-6H,1-3H2. The van der Waals surface area contributed by atoms with Gasteiger partial charge in [0.25, 0.3) is 0 Å². The molecule has 0 saturated heterocycles. The molecule has 0 radical (unpaired) electrons. The normalized spacial score (nSPS) is 16.3. The topological polar surface area (TPSA) is 49.8 Å². The molecule has 3 nitrogen and oxygen atoms in total. The van der Waals surface area contributed by atoms with E-state index in [2.05, 4.69) is 5.16 Å². The van der Waals surface area contributed by atoms with Crippen molar-refractivity contribution in [3.05, 3.63) is 17.5 Å². The number of nitriles is 1. The van der Waals surface area contributed by atoms with Crippen LogP contribution in [0, 0.1) is 11.3 Å². The van der Waals surface area contributed by atoms with E-state index in [1.54, 1.807) is 0 Å². The van der Waals surface area contributed by atoms with Crippen LogP contribution < -0.4 is 0 Å². The van der Waals surface area contributed by atoms with E-state index >= 15 is 0 Å². The van der Waals surface area contributed by atoms with Crippen molar-refractivity contribution in [1.82, 2.24) is 5.16 Å². The summed E-state index contributed by atoms with van der Waals surface area (Å²) in [5.74, 6) is 1.55. The highest BCUT2D eigenvalue weighted by Gasteiger charge is 2.27. The summed E-state index contributed by atoms with van der Waals surface area (Å²) in [6.07, 6.45) is 2.78. The molecule has 1 aromatic heterocycles. The first kappa shape index (κ1) is 6.41. The second-order valence-electron chi connectivity index (χ2n) is 2.83. The Morgan fingerprint density at radius 2 is 2.55 bits per heavy atom. The molecule has 2 rings (SSSR count). The molecular weight excluding hydrogens is 140 g/mol. The number of hydrogen-bond acceptors (Lipinski definition) is 3. The first-order chi connectivity index (χ1) is 5.40. The van der Waals surface area contributed by atoms with Crippen LogP contribution in [-0.4, -0.2) is 5.16 Å². The second-order valence-corrected chi connectivity index (χ2v) is 2.83. The van der Waals surface area contributed by atoms with Gasteiger partial charge in [0, 0.05) is 12.0 Å². The Morgan fingerprint density at radius 3 is 3.18 bits per heavy atom. The van der Waals surface area contributed by atoms with Gasteiger partial charge < -0.3 is 4.52 Å². The van der Waals surface area contributed by atoms with Gasteiger partial charge in [-0.25, -0.2) is 0 Å². The molecular formula is C8H8N2O. The van der Waals surface area contributed by atoms with E-state index in [0.29, 0.717) is 12.3 Å². The molecule has 3 heteroatoms. The molecule has 0 aromatic carbocycles. The molecule has 0 unspecified atom stereocenters. The lowest BCUT2D eigenvalue weighted by Gasteiger charge is -1.80. The minimum absolute atomic E-state index is 0.357. The predicted molar refractivity (Wildman–Crippen MR) is 37.8 cm³/mol. The summed E-state index contributed by atoms with van der Waals surface area (Å²) in [6.45, 7) is 0. The largest absolute Gasteiger partial charge is 0.361 e. The summed E-state index contributed by atoms with van der Waals surface area (Å²) in [6, 6.07) is 3.92. The lowest BCUT2D eigenvalue weighted by atomic mass is 10.2. The van der Waals surface area contributed by atoms with Gasteiger partial charge in [-0.15, -0.1) is 0 Å². The van der Waals surface area contributed by atoms with Crippen molar-refractivity contribution >= 4 is 0 Å². The van der Waals surface area contributed by atoms with Crippen LogP contribution in [0.3, 0.4) is 0 Å². The molecule has 1 aliphatic rings. The number of hydrogen-bond donors (Lipinski definition) is 0. The van der Waals surface area contributed by atoms with E-state index in [-0.39, 0.29) is 0 Å². The van der Waals surface area contributed by atoms with Crippen LogP contribution in [0.15, 0.2) is 10.6 Å². The summed E-state index contributed by atoms with van der Waals surface area (Å²) in [5, 5.41) is 12.1. The molecule has 1 saturated carbocycles. The molecule has 0 amide bonds. The van der Waals surface area contributed by atoms with E-state index in [1.165, 1.54) is 12.8 Å². The highest BCUT2D eigenvalue weighted by Crippen LogP contribution is 2.40. The highest BCUT2D eigenvalue weighted by molar-refractivity contribution is 5.16. The summed E-state index contributed by atoms with van der Waals surface area (Å²) < 4.78 is 5.04. The van der Waals surface area contributed by atoms with Crippen molar-refractivity contribution in [1.29, 1.82) is 5.26 Å². The maximum Gasteiger partial charge on any atom is 0.140 e. The molecule has 0 bridgehead atoms. The van der Waals surface area contributed by atoms with Crippen LogP contribution in [0.5, 0.6) is 0 Å². The number of rotatable bonds is 2. The molecule has 0 atom stereocenters. The minimum atomic E-state index is 0.357. The molecule has 1 aromatic rings. The van der Waals surface area contributed by atoms with Gasteiger partial charge in [0.1, 0.15) is 5.76 Å². The zero-order chi connectivity index (χ0) is 7.68. The highest BCUT2D eigenvalue weighted by atomic mass is 16.5. The van der Waals surface area contributed by atoms with E-state index in [0.717, 1.165) is 11.5 Å². The molecule has 1 fully saturated rings. The average molecular weight is 148 g/mol. The van der Waals surface area contributed by atoms with Gasteiger partial charge in [0.15, 0.2) is 0 Å². The third kappa shape index (κ3) is 1.25. The zero-order valence-corrected chi connectivity index (χ0v) is 6.08. The molecule has 0 aliphatic heterocycles. The molecule has 11 heavy (non-hydrogen) atoms. The second kappa shape index (κ2) is 2.39. The van der Waals surface area contributed by atoms with Crippen molar-refractivity contribution in [3.8, 4) is 6.07 Å². The quantitative estimate of drug-likeness (QED) is 0.640. The molecule has 1 aliphatic carbocycles. The van der Waals surface area contributed by atoms with E-state index in [4.69, 9.17) is 9.78 Å². The average Bonchev–Trinajstić information content (AvgIpc) is 2.75. The maximum absolute atomic E-state index is 8.35. The fourth-order valence-electron chi connectivity index (χ4n) is 1.05. The van der Waals surface area contributed by atoms with Gasteiger partial charge in [-0.3, -0.25) is 0 Å². The van der Waals surface area contributed by atoms with Crippen LogP contribution in [-0.2, 0) is 6.42 Å². The minimum Gasteiger partial charge on any atom is -0.361 e. The Hall–Kier alpha value is -1.30. The molecule has 1 heterocycles. The van der Waals surface area contributed by atoms with E-state index < -0.39 is 0 Å². The Bertz CT molecular complexity index is 293. The SMILES string of the molecule is N#CCc1cc(C2CC2)on1. The van der Waals surface area contributed by atoms with Crippen molar-refractivity contribution in [2.45, 2.75) is 25.2 Å². The smallest absolute Gasteiger partial charge is 0.140 e. The lowest BCUT2D eigenvalue weighted by Crippen LogP contribution is -1.77. The number of aromatic nitrogens is 1. The Morgan fingerprint density at radius 1 is 1.73 bits per heavy atom. The summed E-state index contributed by atoms with van der Waals surface area (Å²) in [5.41, 5.74) is 0.759. The Labute approximate surface area is 64.6 Å². The Balaban J connectivity index is 2.13. The number of nitrogens with zero attached hydrogens (tertiary/aromatic N) is 2. The van der Waals surface area contributed by atoms with Crippen molar-refractivity contribution in [2.24, 2.45) is 0 Å². The lowest BCUT2D eigenvalue weighted by molar-refractivity contribution is 0.379.